The van der Waals surface area contributed by atoms with Crippen molar-refractivity contribution < 1.29 is 43.9 Å². The zero-order valence-electron chi connectivity index (χ0n) is 28.8. The first-order valence-electron chi connectivity index (χ1n) is 15.7. The summed E-state index contributed by atoms with van der Waals surface area (Å²) in [4.78, 5) is 42.5. The standard InChI is InChI=1S/C34H46N5O9P/c1-8-48-49(7,47)32(19-12-10-9-11-13-19)37-22-14-23(39(5)6)21-16-33(36)15-20(17-38(3)4)34(46,29(43)24(18(2)40)31(35)45)30(44)26(33)28(42)25(21)27(22)41/h9-14,20,32,37,41-43,46H,8,15-17,36H2,1-7H3,(H2,35,45)/t20-,32?,33-,34+,49?/m0/s1. The van der Waals surface area contributed by atoms with E-state index >= 15 is 0 Å². The van der Waals surface area contributed by atoms with E-state index in [-0.39, 0.29) is 37.2 Å². The van der Waals surface area contributed by atoms with Crippen molar-refractivity contribution in [2.75, 3.05) is 58.2 Å². The summed E-state index contributed by atoms with van der Waals surface area (Å²) in [5.74, 6) is -8.22. The third kappa shape index (κ3) is 6.59. The highest BCUT2D eigenvalue weighted by molar-refractivity contribution is 7.58. The highest BCUT2D eigenvalue weighted by atomic mass is 31.2. The van der Waals surface area contributed by atoms with Crippen molar-refractivity contribution in [2.45, 2.75) is 43.6 Å². The largest absolute Gasteiger partial charge is 0.508 e. The smallest absolute Gasteiger partial charge is 0.255 e. The van der Waals surface area contributed by atoms with E-state index in [0.29, 0.717) is 16.8 Å². The Morgan fingerprint density at radius 2 is 1.78 bits per heavy atom. The van der Waals surface area contributed by atoms with E-state index in [0.717, 1.165) is 6.92 Å². The van der Waals surface area contributed by atoms with Gasteiger partial charge in [0.15, 0.2) is 11.4 Å². The summed E-state index contributed by atoms with van der Waals surface area (Å²) >= 11 is 0. The summed E-state index contributed by atoms with van der Waals surface area (Å²) in [6.45, 7) is 4.27. The zero-order valence-corrected chi connectivity index (χ0v) is 29.7. The monoisotopic (exact) mass is 699 g/mol. The lowest BCUT2D eigenvalue weighted by molar-refractivity contribution is -0.144. The van der Waals surface area contributed by atoms with Crippen molar-refractivity contribution in [2.24, 2.45) is 17.4 Å². The number of fused-ring (bicyclic) bond motifs is 2. The molecule has 4 rings (SSSR count). The first-order valence-corrected chi connectivity index (χ1v) is 17.9. The summed E-state index contributed by atoms with van der Waals surface area (Å²) in [6, 6.07) is 10.5. The van der Waals surface area contributed by atoms with Crippen LogP contribution in [0.1, 0.15) is 42.7 Å². The summed E-state index contributed by atoms with van der Waals surface area (Å²) < 4.78 is 19.5. The van der Waals surface area contributed by atoms with Crippen molar-refractivity contribution >= 4 is 42.0 Å². The van der Waals surface area contributed by atoms with Crippen LogP contribution in [0.2, 0.25) is 0 Å². The molecule has 0 radical (unpaired) electrons. The Kier molecular flexibility index (Phi) is 10.4. The van der Waals surface area contributed by atoms with Gasteiger partial charge in [-0.1, -0.05) is 30.3 Å². The van der Waals surface area contributed by atoms with Crippen LogP contribution in [0.4, 0.5) is 11.4 Å². The fraction of sp³-hybridized carbons (Fsp3) is 0.441. The molecule has 15 heteroatoms. The maximum Gasteiger partial charge on any atom is 0.255 e. The van der Waals surface area contributed by atoms with E-state index in [1.54, 1.807) is 81.3 Å². The molecule has 2 aliphatic rings. The fourth-order valence-corrected chi connectivity index (χ4v) is 8.80. The second-order valence-corrected chi connectivity index (χ2v) is 15.9. The van der Waals surface area contributed by atoms with E-state index in [9.17, 15) is 39.4 Å². The van der Waals surface area contributed by atoms with Crippen LogP contribution < -0.4 is 21.7 Å². The van der Waals surface area contributed by atoms with Gasteiger partial charge in [0.1, 0.15) is 28.6 Å². The number of carbonyl (C=O) groups is 3. The third-order valence-corrected chi connectivity index (χ3v) is 11.3. The molecule has 1 saturated carbocycles. The van der Waals surface area contributed by atoms with Gasteiger partial charge in [0.05, 0.1) is 29.0 Å². The van der Waals surface area contributed by atoms with Crippen molar-refractivity contribution in [3.05, 3.63) is 70.0 Å². The summed E-state index contributed by atoms with van der Waals surface area (Å²) in [5, 5.41) is 50.3. The maximum absolute atomic E-state index is 14.5. The number of nitrogens with one attached hydrogen (secondary N) is 1. The number of anilines is 2. The fourth-order valence-electron chi connectivity index (χ4n) is 7.05. The Morgan fingerprint density at radius 1 is 1.16 bits per heavy atom. The van der Waals surface area contributed by atoms with Gasteiger partial charge in [-0.3, -0.25) is 18.9 Å². The summed E-state index contributed by atoms with van der Waals surface area (Å²) in [6.07, 6.45) is -0.292. The minimum absolute atomic E-state index is 0.0253. The first kappa shape index (κ1) is 37.6. The summed E-state index contributed by atoms with van der Waals surface area (Å²) in [7, 11) is 3.37. The van der Waals surface area contributed by atoms with Crippen LogP contribution in [-0.2, 0) is 29.9 Å². The number of phenolic OH excluding ortho intramolecular Hbond substituents is 1. The van der Waals surface area contributed by atoms with Gasteiger partial charge < -0.3 is 51.5 Å². The van der Waals surface area contributed by atoms with Crippen LogP contribution in [0.15, 0.2) is 53.3 Å². The number of amides is 1. The highest BCUT2D eigenvalue weighted by Gasteiger charge is 2.62. The molecule has 0 heterocycles. The Bertz CT molecular complexity index is 1780. The molecule has 266 valence electrons. The normalized spacial score (nSPS) is 24.4. The number of aromatic hydroxyl groups is 1. The van der Waals surface area contributed by atoms with Crippen molar-refractivity contribution in [1.82, 2.24) is 4.90 Å². The number of ketones is 2. The number of aliphatic hydroxyl groups excluding tert-OH is 2. The van der Waals surface area contributed by atoms with Gasteiger partial charge in [-0.2, -0.15) is 0 Å². The quantitative estimate of drug-likeness (QED) is 0.0423. The molecule has 0 aromatic heterocycles. The number of rotatable bonds is 12. The highest BCUT2D eigenvalue weighted by Crippen LogP contribution is 2.59. The molecule has 0 aliphatic heterocycles. The lowest BCUT2D eigenvalue weighted by Crippen LogP contribution is -2.65. The molecule has 49 heavy (non-hydrogen) atoms. The molecule has 9 N–H and O–H groups in total. The maximum atomic E-state index is 14.5. The number of hydrogen-bond donors (Lipinski definition) is 7. The molecule has 1 amide bonds. The molecule has 0 saturated heterocycles. The van der Waals surface area contributed by atoms with Gasteiger partial charge >= 0.3 is 0 Å². The molecule has 0 spiro atoms. The van der Waals surface area contributed by atoms with E-state index in [4.69, 9.17) is 16.0 Å². The van der Waals surface area contributed by atoms with Crippen LogP contribution in [0.5, 0.6) is 5.75 Å². The average Bonchev–Trinajstić information content (AvgIpc) is 2.98. The van der Waals surface area contributed by atoms with Gasteiger partial charge in [-0.15, -0.1) is 0 Å². The van der Waals surface area contributed by atoms with Gasteiger partial charge in [-0.05, 0) is 58.0 Å². The van der Waals surface area contributed by atoms with E-state index in [1.807, 2.05) is 0 Å². The molecule has 14 nitrogen and oxygen atoms in total. The molecule has 2 aromatic carbocycles. The molecular weight excluding hydrogens is 653 g/mol. The number of carbonyl (C=O) groups excluding carboxylic acids is 3. The number of benzene rings is 2. The first-order chi connectivity index (χ1) is 22.7. The Morgan fingerprint density at radius 3 is 2.29 bits per heavy atom. The molecule has 2 aromatic rings. The SMILES string of the molecule is CCOP(C)(=O)C(Nc1cc(N(C)C)c2c(c1O)C(O)=C1C(=O)[C@](O)(C(O)=C(C(C)=O)C(N)=O)[C@H](CN(C)C)C[C@]1(N)C2)c1ccccc1. The Labute approximate surface area is 285 Å². The number of hydrogen-bond acceptors (Lipinski definition) is 13. The van der Waals surface area contributed by atoms with Gasteiger partial charge in [0.25, 0.3) is 5.91 Å². The number of nitrogens with zero attached hydrogens (tertiary/aromatic N) is 2. The van der Waals surface area contributed by atoms with Gasteiger partial charge in [-0.25, -0.2) is 0 Å². The van der Waals surface area contributed by atoms with Crippen molar-refractivity contribution in [3.63, 3.8) is 0 Å². The van der Waals surface area contributed by atoms with E-state index < -0.39 is 76.1 Å². The number of aliphatic hydroxyl groups is 3. The van der Waals surface area contributed by atoms with Crippen LogP contribution in [0, 0.1) is 5.92 Å². The molecular formula is C34H46N5O9P. The number of primary amides is 1. The topological polar surface area (TPSA) is 229 Å². The van der Waals surface area contributed by atoms with Crippen molar-refractivity contribution in [3.8, 4) is 5.75 Å². The Hall–Kier alpha value is -4.20. The lowest BCUT2D eigenvalue weighted by Gasteiger charge is -2.50. The van der Waals surface area contributed by atoms with Crippen molar-refractivity contribution in [1.29, 1.82) is 0 Å². The predicted octanol–water partition coefficient (Wildman–Crippen LogP) is 2.80. The minimum atomic E-state index is -3.43. The van der Waals surface area contributed by atoms with E-state index in [2.05, 4.69) is 5.32 Å². The number of phenols is 1. The molecule has 0 bridgehead atoms. The van der Waals surface area contributed by atoms with Crippen LogP contribution in [0.3, 0.4) is 0 Å². The lowest BCUT2D eigenvalue weighted by atomic mass is 9.58. The second-order valence-electron chi connectivity index (χ2n) is 13.3. The molecule has 2 unspecified atom stereocenters. The van der Waals surface area contributed by atoms with Gasteiger partial charge in [0, 0.05) is 38.9 Å². The molecule has 2 aliphatic carbocycles. The average molecular weight is 700 g/mol. The number of nitrogens with two attached hydrogens (primary N) is 2. The minimum Gasteiger partial charge on any atom is -0.508 e. The molecule has 5 atom stereocenters. The van der Waals surface area contributed by atoms with Crippen LogP contribution in [-0.4, -0.2) is 102 Å². The van der Waals surface area contributed by atoms with Gasteiger partial charge in [0.2, 0.25) is 13.2 Å². The van der Waals surface area contributed by atoms with Crippen LogP contribution in [0.25, 0.3) is 5.76 Å². The van der Waals surface area contributed by atoms with E-state index in [1.165, 1.54) is 6.66 Å². The molecule has 1 fully saturated rings. The van der Waals surface area contributed by atoms with Crippen LogP contribution >= 0.6 is 7.37 Å². The zero-order chi connectivity index (χ0) is 36.8. The predicted molar refractivity (Wildman–Crippen MR) is 187 cm³/mol. The summed E-state index contributed by atoms with van der Waals surface area (Å²) in [5.41, 5.74) is 7.72. The second kappa shape index (κ2) is 13.6. The third-order valence-electron chi connectivity index (χ3n) is 9.15. The number of Topliss-reactive ketones (excluding diaryl/α,β-unsaturated/α-hetero) is 2. The Balaban J connectivity index is 2.02.